The van der Waals surface area contributed by atoms with Gasteiger partial charge in [0.25, 0.3) is 0 Å². The maximum Gasteiger partial charge on any atom is 0.317 e. The van der Waals surface area contributed by atoms with Gasteiger partial charge in [-0.3, -0.25) is 9.89 Å². The first-order valence-corrected chi connectivity index (χ1v) is 5.00. The summed E-state index contributed by atoms with van der Waals surface area (Å²) in [5.41, 5.74) is 0. The van der Waals surface area contributed by atoms with E-state index < -0.39 is 0 Å². The van der Waals surface area contributed by atoms with E-state index in [9.17, 15) is 4.79 Å². The zero-order valence-electron chi connectivity index (χ0n) is 7.16. The largest absolute Gasteiger partial charge is 0.454 e. The summed E-state index contributed by atoms with van der Waals surface area (Å²) in [5.74, 6) is 0.278. The summed E-state index contributed by atoms with van der Waals surface area (Å²) in [6.45, 7) is 1.91. The Morgan fingerprint density at radius 2 is 2.62 bits per heavy atom. The molecule has 1 atom stereocenters. The molecule has 0 radical (unpaired) electrons. The predicted octanol–water partition coefficient (Wildman–Crippen LogP) is 1.19. The van der Waals surface area contributed by atoms with E-state index in [2.05, 4.69) is 31.1 Å². The summed E-state index contributed by atoms with van der Waals surface area (Å²) in [6.07, 6.45) is 1.74. The Bertz CT molecular complexity index is 263. The lowest BCUT2D eigenvalue weighted by molar-refractivity contribution is -0.146. The van der Waals surface area contributed by atoms with E-state index in [0.717, 1.165) is 0 Å². The van der Waals surface area contributed by atoms with Gasteiger partial charge in [-0.15, -0.1) is 0 Å². The molecule has 1 unspecified atom stereocenters. The van der Waals surface area contributed by atoms with Crippen LogP contribution < -0.4 is 0 Å². The van der Waals surface area contributed by atoms with Gasteiger partial charge < -0.3 is 4.74 Å². The highest BCUT2D eigenvalue weighted by molar-refractivity contribution is 9.09. The van der Waals surface area contributed by atoms with Crippen molar-refractivity contribution in [2.45, 2.75) is 19.4 Å². The van der Waals surface area contributed by atoms with Crippen molar-refractivity contribution in [2.75, 3.05) is 5.33 Å². The number of rotatable bonds is 4. The Balaban J connectivity index is 2.58. The number of halogens is 1. The van der Waals surface area contributed by atoms with Crippen molar-refractivity contribution in [3.8, 4) is 0 Å². The van der Waals surface area contributed by atoms with E-state index in [4.69, 9.17) is 4.74 Å². The maximum absolute atomic E-state index is 10.9. The van der Waals surface area contributed by atoms with Crippen LogP contribution in [0.2, 0.25) is 0 Å². The molecular weight excluding hydrogens is 238 g/mol. The summed E-state index contributed by atoms with van der Waals surface area (Å²) >= 11 is 3.01. The second kappa shape index (κ2) is 4.96. The highest BCUT2D eigenvalue weighted by atomic mass is 79.9. The molecule has 5 nitrogen and oxygen atoms in total. The van der Waals surface area contributed by atoms with E-state index in [-0.39, 0.29) is 17.4 Å². The second-order valence-electron chi connectivity index (χ2n) is 2.39. The number of ether oxygens (including phenoxy) is 1. The molecule has 13 heavy (non-hydrogen) atoms. The van der Waals surface area contributed by atoms with Gasteiger partial charge in [-0.05, 0) is 6.42 Å². The molecule has 1 aromatic heterocycles. The first kappa shape index (κ1) is 10.2. The summed E-state index contributed by atoms with van der Waals surface area (Å²) in [5, 5.41) is 6.54. The molecule has 0 spiro atoms. The first-order chi connectivity index (χ1) is 6.27. The fourth-order valence-corrected chi connectivity index (χ4v) is 1.02. The fourth-order valence-electron chi connectivity index (χ4n) is 0.893. The average Bonchev–Trinajstić information content (AvgIpc) is 2.66. The molecule has 0 aromatic carbocycles. The summed E-state index contributed by atoms with van der Waals surface area (Å²) in [4.78, 5) is 14.9. The Hall–Kier alpha value is -0.910. The van der Waals surface area contributed by atoms with Crippen molar-refractivity contribution >= 4 is 21.9 Å². The van der Waals surface area contributed by atoms with E-state index in [0.29, 0.717) is 12.2 Å². The van der Waals surface area contributed by atoms with Crippen LogP contribution in [0.3, 0.4) is 0 Å². The number of aromatic nitrogens is 3. The maximum atomic E-state index is 10.9. The van der Waals surface area contributed by atoms with Gasteiger partial charge in [0.2, 0.25) is 0 Å². The van der Waals surface area contributed by atoms with Crippen LogP contribution in [0.1, 0.15) is 25.3 Å². The third kappa shape index (κ3) is 2.80. The molecule has 1 aromatic rings. The number of aromatic amines is 1. The van der Waals surface area contributed by atoms with Crippen LogP contribution in [0.15, 0.2) is 6.33 Å². The highest BCUT2D eigenvalue weighted by Gasteiger charge is 2.16. The van der Waals surface area contributed by atoms with Gasteiger partial charge >= 0.3 is 5.97 Å². The number of hydrogen-bond donors (Lipinski definition) is 1. The van der Waals surface area contributed by atoms with Crippen LogP contribution in [0.25, 0.3) is 0 Å². The van der Waals surface area contributed by atoms with Crippen molar-refractivity contribution in [2.24, 2.45) is 0 Å². The summed E-state index contributed by atoms with van der Waals surface area (Å²) in [7, 11) is 0. The average molecular weight is 248 g/mol. The minimum Gasteiger partial charge on any atom is -0.454 e. The molecule has 1 heterocycles. The monoisotopic (exact) mass is 247 g/mol. The molecule has 0 aliphatic heterocycles. The molecule has 1 rings (SSSR count). The fraction of sp³-hybridized carbons (Fsp3) is 0.571. The minimum absolute atomic E-state index is 0.192. The Kier molecular flexibility index (Phi) is 3.88. The number of nitrogens with zero attached hydrogens (tertiary/aromatic N) is 2. The van der Waals surface area contributed by atoms with Crippen LogP contribution in [-0.2, 0) is 9.53 Å². The van der Waals surface area contributed by atoms with Crippen LogP contribution in [0.4, 0.5) is 0 Å². The van der Waals surface area contributed by atoms with Crippen molar-refractivity contribution in [3.63, 3.8) is 0 Å². The van der Waals surface area contributed by atoms with Crippen molar-refractivity contribution in [1.82, 2.24) is 15.2 Å². The van der Waals surface area contributed by atoms with Crippen molar-refractivity contribution in [1.29, 1.82) is 0 Å². The normalized spacial score (nSPS) is 12.5. The number of hydrogen-bond acceptors (Lipinski definition) is 4. The van der Waals surface area contributed by atoms with Gasteiger partial charge in [-0.25, -0.2) is 4.98 Å². The van der Waals surface area contributed by atoms with Gasteiger partial charge in [0.05, 0.1) is 0 Å². The highest BCUT2D eigenvalue weighted by Crippen LogP contribution is 2.16. The van der Waals surface area contributed by atoms with Crippen LogP contribution in [0.5, 0.6) is 0 Å². The lowest BCUT2D eigenvalue weighted by atomic mass is 10.2. The predicted molar refractivity (Wildman–Crippen MR) is 49.3 cm³/mol. The summed E-state index contributed by atoms with van der Waals surface area (Å²) < 4.78 is 5.07. The van der Waals surface area contributed by atoms with Gasteiger partial charge in [-0.1, -0.05) is 22.9 Å². The number of nitrogens with one attached hydrogen (secondary N) is 1. The van der Waals surface area contributed by atoms with E-state index in [1.807, 2.05) is 6.92 Å². The molecule has 0 saturated carbocycles. The summed E-state index contributed by atoms with van der Waals surface area (Å²) in [6, 6.07) is 0. The number of esters is 1. The van der Waals surface area contributed by atoms with Gasteiger partial charge in [0.15, 0.2) is 11.9 Å². The van der Waals surface area contributed by atoms with Gasteiger partial charge in [-0.2, -0.15) is 5.10 Å². The van der Waals surface area contributed by atoms with Crippen LogP contribution in [0, 0.1) is 0 Å². The van der Waals surface area contributed by atoms with Crippen molar-refractivity contribution in [3.05, 3.63) is 12.2 Å². The van der Waals surface area contributed by atoms with E-state index >= 15 is 0 Å². The lowest BCUT2D eigenvalue weighted by Gasteiger charge is -2.11. The van der Waals surface area contributed by atoms with Crippen LogP contribution >= 0.6 is 15.9 Å². The van der Waals surface area contributed by atoms with Crippen LogP contribution in [-0.4, -0.2) is 26.5 Å². The molecule has 0 amide bonds. The molecule has 0 fully saturated rings. The molecule has 1 N–H and O–H groups in total. The third-order valence-electron chi connectivity index (χ3n) is 1.49. The topological polar surface area (TPSA) is 67.9 Å². The number of H-pyrrole nitrogens is 1. The standard InChI is InChI=1S/C7H10BrN3O2/c1-2-5(13-6(12)3-8)7-9-4-10-11-7/h4-5H,2-3H2,1H3,(H,9,10,11). The third-order valence-corrected chi connectivity index (χ3v) is 1.95. The van der Waals surface area contributed by atoms with E-state index in [1.54, 1.807) is 0 Å². The zero-order valence-corrected chi connectivity index (χ0v) is 8.74. The second-order valence-corrected chi connectivity index (χ2v) is 2.95. The first-order valence-electron chi connectivity index (χ1n) is 3.88. The number of alkyl halides is 1. The quantitative estimate of drug-likeness (QED) is 0.642. The van der Waals surface area contributed by atoms with E-state index in [1.165, 1.54) is 6.33 Å². The molecule has 0 saturated heterocycles. The molecule has 0 bridgehead atoms. The van der Waals surface area contributed by atoms with Gasteiger partial charge in [0, 0.05) is 0 Å². The zero-order chi connectivity index (χ0) is 9.68. The molecule has 0 aliphatic carbocycles. The molecule has 0 aliphatic rings. The van der Waals surface area contributed by atoms with Gasteiger partial charge in [0.1, 0.15) is 11.7 Å². The lowest BCUT2D eigenvalue weighted by Crippen LogP contribution is -2.12. The Morgan fingerprint density at radius 1 is 1.85 bits per heavy atom. The molecular formula is C7H10BrN3O2. The Morgan fingerprint density at radius 3 is 3.08 bits per heavy atom. The smallest absolute Gasteiger partial charge is 0.317 e. The van der Waals surface area contributed by atoms with Crippen molar-refractivity contribution < 1.29 is 9.53 Å². The Labute approximate surface area is 84.0 Å². The molecule has 72 valence electrons. The number of carbonyl (C=O) groups excluding carboxylic acids is 1. The number of carbonyl (C=O) groups is 1. The SMILES string of the molecule is CCC(OC(=O)CBr)c1ncn[nH]1. The molecule has 6 heteroatoms. The minimum atomic E-state index is -0.326.